The molecule has 0 saturated carbocycles. The van der Waals surface area contributed by atoms with Crippen LogP contribution in [0, 0.1) is 0 Å². The Kier molecular flexibility index (Phi) is 3.66. The summed E-state index contributed by atoms with van der Waals surface area (Å²) in [5.74, 6) is -0.331. The van der Waals surface area contributed by atoms with Crippen molar-refractivity contribution in [2.24, 2.45) is 0 Å². The molecule has 0 bridgehead atoms. The quantitative estimate of drug-likeness (QED) is 0.918. The fraction of sp³-hybridized carbons (Fsp3) is 0.417. The molecule has 0 spiro atoms. The van der Waals surface area contributed by atoms with Crippen LogP contribution in [-0.2, 0) is 15.7 Å². The number of carbonyl (C=O) groups excluding carboxylic acids is 1. The minimum Gasteiger partial charge on any atom is -0.383 e. The zero-order chi connectivity index (χ0) is 14.0. The second kappa shape index (κ2) is 5.08. The van der Waals surface area contributed by atoms with Gasteiger partial charge in [-0.3, -0.25) is 4.79 Å². The Morgan fingerprint density at radius 2 is 2.16 bits per heavy atom. The van der Waals surface area contributed by atoms with Crippen LogP contribution >= 0.6 is 0 Å². The molecule has 0 radical (unpaired) electrons. The molecule has 0 fully saturated rings. The lowest BCUT2D eigenvalue weighted by molar-refractivity contribution is -0.137. The lowest BCUT2D eigenvalue weighted by Crippen LogP contribution is -2.40. The number of ether oxygens (including phenoxy) is 1. The van der Waals surface area contributed by atoms with Gasteiger partial charge >= 0.3 is 6.18 Å². The Labute approximate surface area is 108 Å². The average molecular weight is 274 g/mol. The fourth-order valence-electron chi connectivity index (χ4n) is 1.94. The van der Waals surface area contributed by atoms with Crippen molar-refractivity contribution in [2.75, 3.05) is 37.0 Å². The van der Waals surface area contributed by atoms with Crippen LogP contribution in [0.1, 0.15) is 5.56 Å². The second-order valence-corrected chi connectivity index (χ2v) is 4.19. The summed E-state index contributed by atoms with van der Waals surface area (Å²) in [5, 5.41) is 2.46. The Bertz CT molecular complexity index is 488. The molecule has 4 nitrogen and oxygen atoms in total. The molecular formula is C12H13F3N2O2. The largest absolute Gasteiger partial charge is 0.416 e. The second-order valence-electron chi connectivity index (χ2n) is 4.19. The zero-order valence-corrected chi connectivity index (χ0v) is 10.3. The normalized spacial score (nSPS) is 15.2. The minimum atomic E-state index is -4.42. The molecule has 0 aromatic heterocycles. The van der Waals surface area contributed by atoms with Gasteiger partial charge in [-0.05, 0) is 18.2 Å². The van der Waals surface area contributed by atoms with Gasteiger partial charge in [-0.2, -0.15) is 13.2 Å². The summed E-state index contributed by atoms with van der Waals surface area (Å²) >= 11 is 0. The average Bonchev–Trinajstić information content (AvgIpc) is 2.33. The van der Waals surface area contributed by atoms with E-state index in [1.807, 2.05) is 0 Å². The molecule has 1 aromatic rings. The number of methoxy groups -OCH3 is 1. The molecule has 0 unspecified atom stereocenters. The number of carbonyl (C=O) groups is 1. The van der Waals surface area contributed by atoms with E-state index in [0.29, 0.717) is 18.8 Å². The maximum atomic E-state index is 12.6. The minimum absolute atomic E-state index is 0.113. The van der Waals surface area contributed by atoms with E-state index in [9.17, 15) is 18.0 Å². The Balaban J connectivity index is 2.33. The summed E-state index contributed by atoms with van der Waals surface area (Å²) in [6.45, 7) is 0.956. The van der Waals surface area contributed by atoms with Gasteiger partial charge in [0.05, 0.1) is 30.1 Å². The molecule has 7 heteroatoms. The van der Waals surface area contributed by atoms with Crippen LogP contribution in [0.3, 0.4) is 0 Å². The lowest BCUT2D eigenvalue weighted by atomic mass is 10.1. The summed E-state index contributed by atoms with van der Waals surface area (Å²) in [4.78, 5) is 13.2. The highest BCUT2D eigenvalue weighted by atomic mass is 19.4. The maximum Gasteiger partial charge on any atom is 0.416 e. The Hall–Kier alpha value is -1.76. The number of rotatable bonds is 3. The zero-order valence-electron chi connectivity index (χ0n) is 10.3. The first kappa shape index (κ1) is 13.7. The van der Waals surface area contributed by atoms with Gasteiger partial charge in [0.2, 0.25) is 5.91 Å². The Morgan fingerprint density at radius 3 is 2.79 bits per heavy atom. The molecule has 1 aliphatic rings. The topological polar surface area (TPSA) is 41.6 Å². The first-order chi connectivity index (χ1) is 8.91. The van der Waals surface area contributed by atoms with Crippen LogP contribution in [-0.4, -0.2) is 32.7 Å². The third-order valence-electron chi connectivity index (χ3n) is 2.84. The van der Waals surface area contributed by atoms with Gasteiger partial charge in [0.25, 0.3) is 0 Å². The van der Waals surface area contributed by atoms with Crippen LogP contribution in [0.2, 0.25) is 0 Å². The number of hydrogen-bond acceptors (Lipinski definition) is 3. The van der Waals surface area contributed by atoms with Gasteiger partial charge in [0, 0.05) is 13.7 Å². The molecule has 104 valence electrons. The number of halogens is 3. The number of amides is 1. The number of anilines is 2. The molecule has 0 saturated heterocycles. The van der Waals surface area contributed by atoms with Crippen molar-refractivity contribution in [2.45, 2.75) is 6.18 Å². The Morgan fingerprint density at radius 1 is 1.42 bits per heavy atom. The molecular weight excluding hydrogens is 261 g/mol. The van der Waals surface area contributed by atoms with Gasteiger partial charge < -0.3 is 15.0 Å². The standard InChI is InChI=1S/C12H13F3N2O2/c1-19-5-4-17-7-11(18)16-9-6-8(12(13,14)15)2-3-10(9)17/h2-3,6H,4-5,7H2,1H3,(H,16,18). The van der Waals surface area contributed by atoms with Crippen molar-refractivity contribution < 1.29 is 22.7 Å². The molecule has 1 heterocycles. The number of alkyl halides is 3. The van der Waals surface area contributed by atoms with E-state index in [0.717, 1.165) is 12.1 Å². The number of fused-ring (bicyclic) bond motifs is 1. The lowest BCUT2D eigenvalue weighted by Gasteiger charge is -2.31. The van der Waals surface area contributed by atoms with Gasteiger partial charge in [0.1, 0.15) is 0 Å². The highest BCUT2D eigenvalue weighted by Crippen LogP contribution is 2.36. The van der Waals surface area contributed by atoms with Crippen molar-refractivity contribution in [3.8, 4) is 0 Å². The molecule has 0 aliphatic carbocycles. The van der Waals surface area contributed by atoms with Crippen molar-refractivity contribution in [1.82, 2.24) is 0 Å². The van der Waals surface area contributed by atoms with Crippen LogP contribution in [0.15, 0.2) is 18.2 Å². The predicted octanol–water partition coefficient (Wildman–Crippen LogP) is 2.11. The summed E-state index contributed by atoms with van der Waals surface area (Å²) in [5.41, 5.74) is -0.0213. The smallest absolute Gasteiger partial charge is 0.383 e. The summed E-state index contributed by atoms with van der Waals surface area (Å²) < 4.78 is 42.7. The summed E-state index contributed by atoms with van der Waals surface area (Å²) in [7, 11) is 1.53. The van der Waals surface area contributed by atoms with Crippen molar-refractivity contribution >= 4 is 17.3 Å². The number of hydrogen-bond donors (Lipinski definition) is 1. The van der Waals surface area contributed by atoms with Gasteiger partial charge in [-0.25, -0.2) is 0 Å². The van der Waals surface area contributed by atoms with Crippen molar-refractivity contribution in [3.05, 3.63) is 23.8 Å². The van der Waals surface area contributed by atoms with Crippen molar-refractivity contribution in [1.29, 1.82) is 0 Å². The summed E-state index contributed by atoms with van der Waals surface area (Å²) in [6, 6.07) is 3.33. The van der Waals surface area contributed by atoms with Crippen LogP contribution in [0.5, 0.6) is 0 Å². The first-order valence-electron chi connectivity index (χ1n) is 5.67. The maximum absolute atomic E-state index is 12.6. The highest BCUT2D eigenvalue weighted by molar-refractivity contribution is 6.01. The number of benzene rings is 1. The molecule has 1 aromatic carbocycles. The SMILES string of the molecule is COCCN1CC(=O)Nc2cc(C(F)(F)F)ccc21. The van der Waals surface area contributed by atoms with E-state index in [-0.39, 0.29) is 18.1 Å². The van der Waals surface area contributed by atoms with E-state index in [1.165, 1.54) is 13.2 Å². The van der Waals surface area contributed by atoms with Crippen molar-refractivity contribution in [3.63, 3.8) is 0 Å². The highest BCUT2D eigenvalue weighted by Gasteiger charge is 2.32. The first-order valence-corrected chi connectivity index (χ1v) is 5.67. The molecule has 19 heavy (non-hydrogen) atoms. The fourth-order valence-corrected chi connectivity index (χ4v) is 1.94. The molecule has 1 aliphatic heterocycles. The number of nitrogens with zero attached hydrogens (tertiary/aromatic N) is 1. The van der Waals surface area contributed by atoms with E-state index in [2.05, 4.69) is 5.32 Å². The van der Waals surface area contributed by atoms with Gasteiger partial charge in [-0.1, -0.05) is 0 Å². The predicted molar refractivity (Wildman–Crippen MR) is 64.2 cm³/mol. The van der Waals surface area contributed by atoms with Crippen LogP contribution in [0.25, 0.3) is 0 Å². The van der Waals surface area contributed by atoms with E-state index < -0.39 is 11.7 Å². The van der Waals surface area contributed by atoms with Crippen LogP contribution in [0.4, 0.5) is 24.5 Å². The monoisotopic (exact) mass is 274 g/mol. The van der Waals surface area contributed by atoms with E-state index in [1.54, 1.807) is 4.90 Å². The van der Waals surface area contributed by atoms with E-state index >= 15 is 0 Å². The number of nitrogens with one attached hydrogen (secondary N) is 1. The van der Waals surface area contributed by atoms with Gasteiger partial charge in [-0.15, -0.1) is 0 Å². The third kappa shape index (κ3) is 2.98. The van der Waals surface area contributed by atoms with Crippen LogP contribution < -0.4 is 10.2 Å². The third-order valence-corrected chi connectivity index (χ3v) is 2.84. The molecule has 1 amide bonds. The summed E-state index contributed by atoms with van der Waals surface area (Å²) in [6.07, 6.45) is -4.42. The molecule has 1 N–H and O–H groups in total. The van der Waals surface area contributed by atoms with E-state index in [4.69, 9.17) is 4.74 Å². The van der Waals surface area contributed by atoms with Gasteiger partial charge in [0.15, 0.2) is 0 Å². The molecule has 2 rings (SSSR count). The molecule has 0 atom stereocenters.